The largest absolute Gasteiger partial charge is 0.493 e. The Bertz CT molecular complexity index is 440. The van der Waals surface area contributed by atoms with E-state index >= 15 is 0 Å². The predicted molar refractivity (Wildman–Crippen MR) is 64.0 cm³/mol. The molecule has 0 amide bonds. The fourth-order valence-electron chi connectivity index (χ4n) is 2.16. The van der Waals surface area contributed by atoms with E-state index in [4.69, 9.17) is 14.7 Å². The zero-order chi connectivity index (χ0) is 12.3. The molecule has 0 spiro atoms. The molecule has 17 heavy (non-hydrogen) atoms. The highest BCUT2D eigenvalue weighted by atomic mass is 16.5. The van der Waals surface area contributed by atoms with Crippen LogP contribution in [0.1, 0.15) is 18.0 Å². The van der Waals surface area contributed by atoms with E-state index in [1.54, 1.807) is 14.2 Å². The van der Waals surface area contributed by atoms with E-state index in [-0.39, 0.29) is 12.0 Å². The molecule has 4 heteroatoms. The lowest BCUT2D eigenvalue weighted by Gasteiger charge is -2.14. The van der Waals surface area contributed by atoms with E-state index in [1.807, 2.05) is 18.2 Å². The smallest absolute Gasteiger partial charge is 0.161 e. The molecule has 0 aromatic heterocycles. The zero-order valence-electron chi connectivity index (χ0n) is 10.1. The average Bonchev–Trinajstić information content (AvgIpc) is 2.86. The summed E-state index contributed by atoms with van der Waals surface area (Å²) in [6, 6.07) is 8.41. The van der Waals surface area contributed by atoms with Gasteiger partial charge in [-0.2, -0.15) is 5.26 Å². The van der Waals surface area contributed by atoms with Gasteiger partial charge in [0.25, 0.3) is 0 Å². The van der Waals surface area contributed by atoms with Crippen molar-refractivity contribution in [1.82, 2.24) is 5.32 Å². The first-order chi connectivity index (χ1) is 8.28. The van der Waals surface area contributed by atoms with Gasteiger partial charge in [0, 0.05) is 12.6 Å². The third-order valence-corrected chi connectivity index (χ3v) is 3.12. The van der Waals surface area contributed by atoms with E-state index in [0.717, 1.165) is 30.0 Å². The molecule has 2 atom stereocenters. The summed E-state index contributed by atoms with van der Waals surface area (Å²) >= 11 is 0. The second-order valence-electron chi connectivity index (χ2n) is 4.14. The first-order valence-corrected chi connectivity index (χ1v) is 5.63. The summed E-state index contributed by atoms with van der Waals surface area (Å²) < 4.78 is 10.5. The molecule has 4 nitrogen and oxygen atoms in total. The van der Waals surface area contributed by atoms with Gasteiger partial charge in [0.15, 0.2) is 11.5 Å². The minimum absolute atomic E-state index is 0.105. The molecule has 0 bridgehead atoms. The molecule has 0 saturated carbocycles. The minimum Gasteiger partial charge on any atom is -0.493 e. The van der Waals surface area contributed by atoms with Gasteiger partial charge in [0.2, 0.25) is 0 Å². The van der Waals surface area contributed by atoms with E-state index in [2.05, 4.69) is 11.4 Å². The lowest BCUT2D eigenvalue weighted by Crippen LogP contribution is -2.13. The van der Waals surface area contributed by atoms with Crippen molar-refractivity contribution >= 4 is 0 Å². The Labute approximate surface area is 101 Å². The van der Waals surface area contributed by atoms with Crippen LogP contribution in [0.4, 0.5) is 0 Å². The number of ether oxygens (including phenoxy) is 2. The van der Waals surface area contributed by atoms with Gasteiger partial charge in [-0.15, -0.1) is 0 Å². The summed E-state index contributed by atoms with van der Waals surface area (Å²) in [6.07, 6.45) is 0.853. The highest BCUT2D eigenvalue weighted by molar-refractivity contribution is 5.44. The number of rotatable bonds is 3. The van der Waals surface area contributed by atoms with Crippen LogP contribution in [0.2, 0.25) is 0 Å². The van der Waals surface area contributed by atoms with Crippen molar-refractivity contribution in [3.8, 4) is 17.6 Å². The molecular weight excluding hydrogens is 216 g/mol. The summed E-state index contributed by atoms with van der Waals surface area (Å²) in [4.78, 5) is 0. The van der Waals surface area contributed by atoms with Gasteiger partial charge < -0.3 is 14.8 Å². The highest BCUT2D eigenvalue weighted by Crippen LogP contribution is 2.33. The Morgan fingerprint density at radius 3 is 2.65 bits per heavy atom. The number of nitrogens with one attached hydrogen (secondary N) is 1. The van der Waals surface area contributed by atoms with E-state index in [9.17, 15) is 0 Å². The maximum Gasteiger partial charge on any atom is 0.161 e. The van der Waals surface area contributed by atoms with Gasteiger partial charge in [-0.25, -0.2) is 0 Å². The zero-order valence-corrected chi connectivity index (χ0v) is 10.1. The van der Waals surface area contributed by atoms with Gasteiger partial charge in [0.1, 0.15) is 0 Å². The lowest BCUT2D eigenvalue weighted by molar-refractivity contribution is 0.354. The molecule has 1 aromatic rings. The van der Waals surface area contributed by atoms with Crippen LogP contribution in [-0.4, -0.2) is 20.8 Å². The summed E-state index contributed by atoms with van der Waals surface area (Å²) in [5.41, 5.74) is 1.14. The monoisotopic (exact) mass is 232 g/mol. The van der Waals surface area contributed by atoms with Gasteiger partial charge in [-0.3, -0.25) is 0 Å². The Morgan fingerprint density at radius 1 is 1.29 bits per heavy atom. The van der Waals surface area contributed by atoms with Gasteiger partial charge in [0.05, 0.1) is 26.2 Å². The van der Waals surface area contributed by atoms with Crippen molar-refractivity contribution in [2.45, 2.75) is 12.5 Å². The molecule has 1 aliphatic rings. The maximum atomic E-state index is 8.88. The fraction of sp³-hybridized carbons (Fsp3) is 0.462. The molecule has 1 N–H and O–H groups in total. The Balaban J connectivity index is 2.20. The molecule has 1 aliphatic heterocycles. The van der Waals surface area contributed by atoms with Gasteiger partial charge in [-0.05, 0) is 24.1 Å². The Hall–Kier alpha value is -1.73. The Morgan fingerprint density at radius 2 is 2.06 bits per heavy atom. The predicted octanol–water partition coefficient (Wildman–Crippen LogP) is 1.88. The van der Waals surface area contributed by atoms with Crippen LogP contribution in [0.5, 0.6) is 11.5 Å². The molecule has 1 heterocycles. The topological polar surface area (TPSA) is 54.3 Å². The van der Waals surface area contributed by atoms with Crippen LogP contribution in [0, 0.1) is 17.2 Å². The van der Waals surface area contributed by atoms with Crippen LogP contribution in [0.25, 0.3) is 0 Å². The highest BCUT2D eigenvalue weighted by Gasteiger charge is 2.25. The van der Waals surface area contributed by atoms with Crippen LogP contribution in [0.3, 0.4) is 0 Å². The SMILES string of the molecule is COc1ccc(C2CC(C#N)CN2)cc1OC. The molecule has 0 aliphatic carbocycles. The molecule has 90 valence electrons. The molecule has 2 unspecified atom stereocenters. The summed E-state index contributed by atoms with van der Waals surface area (Å²) in [5.74, 6) is 1.56. The molecule has 1 saturated heterocycles. The first kappa shape index (κ1) is 11.7. The van der Waals surface area contributed by atoms with E-state index in [0.29, 0.717) is 0 Å². The number of nitrogens with zero attached hydrogens (tertiary/aromatic N) is 1. The summed E-state index contributed by atoms with van der Waals surface area (Å²) in [6.45, 7) is 0.759. The average molecular weight is 232 g/mol. The van der Waals surface area contributed by atoms with Gasteiger partial charge >= 0.3 is 0 Å². The van der Waals surface area contributed by atoms with Crippen LogP contribution >= 0.6 is 0 Å². The van der Waals surface area contributed by atoms with Crippen molar-refractivity contribution in [3.05, 3.63) is 23.8 Å². The normalized spacial score (nSPS) is 23.1. The van der Waals surface area contributed by atoms with Crippen LogP contribution in [-0.2, 0) is 0 Å². The third-order valence-electron chi connectivity index (χ3n) is 3.12. The third kappa shape index (κ3) is 2.34. The van der Waals surface area contributed by atoms with E-state index < -0.39 is 0 Å². The molecule has 0 radical (unpaired) electrons. The van der Waals surface area contributed by atoms with Crippen LogP contribution < -0.4 is 14.8 Å². The number of benzene rings is 1. The summed E-state index contributed by atoms with van der Waals surface area (Å²) in [5, 5.41) is 12.2. The van der Waals surface area contributed by atoms with Crippen LogP contribution in [0.15, 0.2) is 18.2 Å². The first-order valence-electron chi connectivity index (χ1n) is 5.63. The quantitative estimate of drug-likeness (QED) is 0.864. The molecule has 1 fully saturated rings. The molecule has 2 rings (SSSR count). The minimum atomic E-state index is 0.105. The molecular formula is C13H16N2O2. The number of hydrogen-bond donors (Lipinski definition) is 1. The lowest BCUT2D eigenvalue weighted by atomic mass is 10.0. The number of methoxy groups -OCH3 is 2. The standard InChI is InChI=1S/C13H16N2O2/c1-16-12-4-3-10(6-13(12)17-2)11-5-9(7-14)8-15-11/h3-4,6,9,11,15H,5,8H2,1-2H3. The van der Waals surface area contributed by atoms with Crippen molar-refractivity contribution in [1.29, 1.82) is 5.26 Å². The number of hydrogen-bond acceptors (Lipinski definition) is 4. The van der Waals surface area contributed by atoms with E-state index in [1.165, 1.54) is 0 Å². The van der Waals surface area contributed by atoms with Crippen molar-refractivity contribution in [3.63, 3.8) is 0 Å². The van der Waals surface area contributed by atoms with Crippen molar-refractivity contribution < 1.29 is 9.47 Å². The summed E-state index contributed by atoms with van der Waals surface area (Å²) in [7, 11) is 3.25. The fourth-order valence-corrected chi connectivity index (χ4v) is 2.16. The second kappa shape index (κ2) is 5.07. The Kier molecular flexibility index (Phi) is 3.50. The maximum absolute atomic E-state index is 8.88. The number of nitriles is 1. The van der Waals surface area contributed by atoms with Gasteiger partial charge in [-0.1, -0.05) is 6.07 Å². The second-order valence-corrected chi connectivity index (χ2v) is 4.14. The molecule has 1 aromatic carbocycles. The van der Waals surface area contributed by atoms with Crippen molar-refractivity contribution in [2.24, 2.45) is 5.92 Å². The van der Waals surface area contributed by atoms with Crippen molar-refractivity contribution in [2.75, 3.05) is 20.8 Å².